The second kappa shape index (κ2) is 5.27. The lowest BCUT2D eigenvalue weighted by atomic mass is 10.1. The molecule has 88 valence electrons. The number of rotatable bonds is 4. The average molecular weight is 222 g/mol. The molecule has 1 aliphatic heterocycles. The van der Waals surface area contributed by atoms with Gasteiger partial charge in [-0.3, -0.25) is 4.90 Å². The van der Waals surface area contributed by atoms with E-state index in [9.17, 15) is 0 Å². The van der Waals surface area contributed by atoms with Gasteiger partial charge in [-0.1, -0.05) is 0 Å². The molecule has 0 spiro atoms. The van der Waals surface area contributed by atoms with Crippen LogP contribution < -0.4 is 4.74 Å². The molecule has 1 unspecified atom stereocenters. The van der Waals surface area contributed by atoms with E-state index >= 15 is 0 Å². The lowest BCUT2D eigenvalue weighted by Crippen LogP contribution is -2.21. The van der Waals surface area contributed by atoms with E-state index in [2.05, 4.69) is 9.88 Å². The summed E-state index contributed by atoms with van der Waals surface area (Å²) in [4.78, 5) is 6.44. The fourth-order valence-corrected chi connectivity index (χ4v) is 2.12. The molecule has 1 aromatic heterocycles. The molecular weight excluding hydrogens is 204 g/mol. The van der Waals surface area contributed by atoms with Crippen LogP contribution in [0.2, 0.25) is 0 Å². The first-order valence-corrected chi connectivity index (χ1v) is 5.64. The van der Waals surface area contributed by atoms with Crippen LogP contribution in [0.15, 0.2) is 18.3 Å². The van der Waals surface area contributed by atoms with E-state index < -0.39 is 0 Å². The van der Waals surface area contributed by atoms with Crippen molar-refractivity contribution < 1.29 is 9.84 Å². The van der Waals surface area contributed by atoms with E-state index in [1.54, 1.807) is 13.3 Å². The molecule has 0 bridgehead atoms. The van der Waals surface area contributed by atoms with Crippen LogP contribution in [0.5, 0.6) is 5.88 Å². The van der Waals surface area contributed by atoms with Gasteiger partial charge in [0.1, 0.15) is 0 Å². The molecule has 0 aliphatic carbocycles. The van der Waals surface area contributed by atoms with Crippen molar-refractivity contribution in [3.63, 3.8) is 0 Å². The highest BCUT2D eigenvalue weighted by Gasteiger charge is 2.21. The SMILES string of the molecule is COc1cc(CN2CCC(CO)C2)ccn1. The van der Waals surface area contributed by atoms with Crippen molar-refractivity contribution >= 4 is 0 Å². The molecule has 0 saturated carbocycles. The molecule has 4 nitrogen and oxygen atoms in total. The summed E-state index contributed by atoms with van der Waals surface area (Å²) in [5.74, 6) is 1.11. The minimum absolute atomic E-state index is 0.302. The minimum Gasteiger partial charge on any atom is -0.481 e. The van der Waals surface area contributed by atoms with Gasteiger partial charge in [-0.2, -0.15) is 0 Å². The lowest BCUT2D eigenvalue weighted by molar-refractivity contribution is 0.220. The van der Waals surface area contributed by atoms with Crippen molar-refractivity contribution in [1.29, 1.82) is 0 Å². The van der Waals surface area contributed by atoms with E-state index in [0.717, 1.165) is 26.1 Å². The number of likely N-dealkylation sites (tertiary alicyclic amines) is 1. The van der Waals surface area contributed by atoms with E-state index in [-0.39, 0.29) is 0 Å². The number of hydrogen-bond donors (Lipinski definition) is 1. The fourth-order valence-electron chi connectivity index (χ4n) is 2.12. The van der Waals surface area contributed by atoms with Gasteiger partial charge in [0.25, 0.3) is 0 Å². The fraction of sp³-hybridized carbons (Fsp3) is 0.583. The van der Waals surface area contributed by atoms with Gasteiger partial charge in [0.15, 0.2) is 0 Å². The predicted octanol–water partition coefficient (Wildman–Crippen LogP) is 0.904. The Kier molecular flexibility index (Phi) is 3.74. The van der Waals surface area contributed by atoms with Gasteiger partial charge in [0.2, 0.25) is 5.88 Å². The summed E-state index contributed by atoms with van der Waals surface area (Å²) < 4.78 is 5.09. The van der Waals surface area contributed by atoms with E-state index in [1.807, 2.05) is 12.1 Å². The second-order valence-electron chi connectivity index (χ2n) is 4.28. The Morgan fingerprint density at radius 3 is 3.19 bits per heavy atom. The number of aliphatic hydroxyl groups is 1. The molecule has 0 amide bonds. The third-order valence-corrected chi connectivity index (χ3v) is 3.04. The Hall–Kier alpha value is -1.13. The molecule has 1 atom stereocenters. The molecule has 1 saturated heterocycles. The number of aromatic nitrogens is 1. The Balaban J connectivity index is 1.94. The van der Waals surface area contributed by atoms with Gasteiger partial charge < -0.3 is 9.84 Å². The van der Waals surface area contributed by atoms with Crippen molar-refractivity contribution in [2.45, 2.75) is 13.0 Å². The maximum atomic E-state index is 9.08. The van der Waals surface area contributed by atoms with Crippen LogP contribution >= 0.6 is 0 Å². The Labute approximate surface area is 95.9 Å². The Morgan fingerprint density at radius 2 is 2.50 bits per heavy atom. The van der Waals surface area contributed by atoms with E-state index in [4.69, 9.17) is 9.84 Å². The largest absolute Gasteiger partial charge is 0.481 e. The van der Waals surface area contributed by atoms with Crippen LogP contribution in [0.25, 0.3) is 0 Å². The predicted molar refractivity (Wildman–Crippen MR) is 61.3 cm³/mol. The standard InChI is InChI=1S/C12H18N2O2/c1-16-12-6-10(2-4-13-12)7-14-5-3-11(8-14)9-15/h2,4,6,11,15H,3,5,7-9H2,1H3. The average Bonchev–Trinajstić information content (AvgIpc) is 2.77. The molecule has 0 radical (unpaired) electrons. The van der Waals surface area contributed by atoms with Crippen molar-refractivity contribution in [3.05, 3.63) is 23.9 Å². The van der Waals surface area contributed by atoms with Gasteiger partial charge in [0.05, 0.1) is 7.11 Å². The smallest absolute Gasteiger partial charge is 0.213 e. The molecule has 0 aromatic carbocycles. The molecule has 4 heteroatoms. The monoisotopic (exact) mass is 222 g/mol. The molecule has 1 aromatic rings. The summed E-state index contributed by atoms with van der Waals surface area (Å²) in [6.45, 7) is 3.27. The van der Waals surface area contributed by atoms with Crippen molar-refractivity contribution in [2.24, 2.45) is 5.92 Å². The Morgan fingerprint density at radius 1 is 1.62 bits per heavy atom. The zero-order valence-corrected chi connectivity index (χ0v) is 9.59. The first-order valence-electron chi connectivity index (χ1n) is 5.64. The van der Waals surface area contributed by atoms with Gasteiger partial charge in [-0.05, 0) is 30.5 Å². The number of ether oxygens (including phenoxy) is 1. The zero-order chi connectivity index (χ0) is 11.4. The van der Waals surface area contributed by atoms with Crippen LogP contribution in [-0.2, 0) is 6.54 Å². The molecule has 2 rings (SSSR count). The number of aliphatic hydroxyl groups excluding tert-OH is 1. The van der Waals surface area contributed by atoms with Gasteiger partial charge >= 0.3 is 0 Å². The molecule has 1 fully saturated rings. The lowest BCUT2D eigenvalue weighted by Gasteiger charge is -2.15. The highest BCUT2D eigenvalue weighted by Crippen LogP contribution is 2.19. The summed E-state index contributed by atoms with van der Waals surface area (Å²) in [5, 5.41) is 9.08. The van der Waals surface area contributed by atoms with Crippen molar-refractivity contribution in [3.8, 4) is 5.88 Å². The maximum Gasteiger partial charge on any atom is 0.213 e. The third-order valence-electron chi connectivity index (χ3n) is 3.04. The van der Waals surface area contributed by atoms with E-state index in [1.165, 1.54) is 5.56 Å². The van der Waals surface area contributed by atoms with Crippen LogP contribution in [0.4, 0.5) is 0 Å². The van der Waals surface area contributed by atoms with Crippen LogP contribution in [0.3, 0.4) is 0 Å². The first-order chi connectivity index (χ1) is 7.81. The number of nitrogens with zero attached hydrogens (tertiary/aromatic N) is 2. The summed E-state index contributed by atoms with van der Waals surface area (Å²) in [5.41, 5.74) is 1.21. The normalized spacial score (nSPS) is 21.2. The first kappa shape index (κ1) is 11.4. The molecule has 2 heterocycles. The van der Waals surface area contributed by atoms with Crippen molar-refractivity contribution in [2.75, 3.05) is 26.8 Å². The van der Waals surface area contributed by atoms with Crippen LogP contribution in [-0.4, -0.2) is 41.8 Å². The summed E-state index contributed by atoms with van der Waals surface area (Å²) in [6.07, 6.45) is 2.87. The topological polar surface area (TPSA) is 45.6 Å². The summed E-state index contributed by atoms with van der Waals surface area (Å²) >= 11 is 0. The minimum atomic E-state index is 0.302. The number of pyridine rings is 1. The summed E-state index contributed by atoms with van der Waals surface area (Å²) in [7, 11) is 1.63. The third kappa shape index (κ3) is 2.71. The molecule has 1 N–H and O–H groups in total. The quantitative estimate of drug-likeness (QED) is 0.822. The van der Waals surface area contributed by atoms with Crippen LogP contribution in [0, 0.1) is 5.92 Å². The van der Waals surface area contributed by atoms with E-state index in [0.29, 0.717) is 18.4 Å². The van der Waals surface area contributed by atoms with Gasteiger partial charge in [-0.25, -0.2) is 4.98 Å². The highest BCUT2D eigenvalue weighted by atomic mass is 16.5. The number of hydrogen-bond acceptors (Lipinski definition) is 4. The molecule has 1 aliphatic rings. The maximum absolute atomic E-state index is 9.08. The van der Waals surface area contributed by atoms with Crippen LogP contribution in [0.1, 0.15) is 12.0 Å². The van der Waals surface area contributed by atoms with Gasteiger partial charge in [-0.15, -0.1) is 0 Å². The Bertz CT molecular complexity index is 344. The number of methoxy groups -OCH3 is 1. The second-order valence-corrected chi connectivity index (χ2v) is 4.28. The van der Waals surface area contributed by atoms with Crippen molar-refractivity contribution in [1.82, 2.24) is 9.88 Å². The highest BCUT2D eigenvalue weighted by molar-refractivity contribution is 5.20. The van der Waals surface area contributed by atoms with Gasteiger partial charge in [0, 0.05) is 32.0 Å². The molecule has 16 heavy (non-hydrogen) atoms. The summed E-state index contributed by atoms with van der Waals surface area (Å²) in [6, 6.07) is 3.97. The molecular formula is C12H18N2O2. The zero-order valence-electron chi connectivity index (χ0n) is 9.59.